The van der Waals surface area contributed by atoms with Gasteiger partial charge < -0.3 is 14.6 Å². The van der Waals surface area contributed by atoms with Crippen LogP contribution >= 0.6 is 11.8 Å². The second-order valence-corrected chi connectivity index (χ2v) is 3.74. The fourth-order valence-electron chi connectivity index (χ4n) is 0.976. The normalized spacial score (nSPS) is 10.8. The molecule has 0 saturated heterocycles. The summed E-state index contributed by atoms with van der Waals surface area (Å²) in [5.41, 5.74) is 6.23. The molecule has 0 spiro atoms. The molecule has 0 fully saturated rings. The Morgan fingerprint density at radius 3 is 2.93 bits per heavy atom. The van der Waals surface area contributed by atoms with E-state index in [9.17, 15) is 0 Å². The van der Waals surface area contributed by atoms with Crippen LogP contribution in [0.1, 0.15) is 17.3 Å². The number of rotatable bonds is 4. The van der Waals surface area contributed by atoms with Gasteiger partial charge in [0.1, 0.15) is 5.76 Å². The average molecular weight is 226 g/mol. The molecule has 0 radical (unpaired) electrons. The Balaban J connectivity index is 1.96. The second kappa shape index (κ2) is 4.45. The average Bonchev–Trinajstić information content (AvgIpc) is 2.84. The van der Waals surface area contributed by atoms with Crippen molar-refractivity contribution in [1.82, 2.24) is 15.2 Å². The molecular formula is C8H10N4O2S. The minimum absolute atomic E-state index is 0.260. The molecule has 0 aromatic carbocycles. The first-order chi connectivity index (χ1) is 7.29. The van der Waals surface area contributed by atoms with Crippen LogP contribution < -0.4 is 5.73 Å². The molecule has 0 atom stereocenters. The van der Waals surface area contributed by atoms with E-state index in [1.807, 2.05) is 6.92 Å². The van der Waals surface area contributed by atoms with E-state index in [0.717, 1.165) is 11.5 Å². The maximum Gasteiger partial charge on any atom is 0.277 e. The predicted molar refractivity (Wildman–Crippen MR) is 53.0 cm³/mol. The van der Waals surface area contributed by atoms with Crippen molar-refractivity contribution >= 4 is 11.8 Å². The predicted octanol–water partition coefficient (Wildman–Crippen LogP) is 1.12. The van der Waals surface area contributed by atoms with E-state index in [1.54, 1.807) is 0 Å². The van der Waals surface area contributed by atoms with Gasteiger partial charge in [-0.2, -0.15) is 0 Å². The quantitative estimate of drug-likeness (QED) is 0.781. The van der Waals surface area contributed by atoms with Crippen LogP contribution in [0.5, 0.6) is 0 Å². The van der Waals surface area contributed by atoms with Gasteiger partial charge in [0.2, 0.25) is 5.89 Å². The third-order valence-electron chi connectivity index (χ3n) is 1.80. The van der Waals surface area contributed by atoms with Crippen LogP contribution in [-0.2, 0) is 12.3 Å². The van der Waals surface area contributed by atoms with E-state index in [4.69, 9.17) is 14.6 Å². The summed E-state index contributed by atoms with van der Waals surface area (Å²) in [7, 11) is 0. The summed E-state index contributed by atoms with van der Waals surface area (Å²) in [4.78, 5) is 4.06. The third kappa shape index (κ3) is 2.37. The molecule has 0 aliphatic rings. The molecule has 2 aromatic rings. The molecule has 2 N–H and O–H groups in total. The first kappa shape index (κ1) is 10.2. The van der Waals surface area contributed by atoms with Gasteiger partial charge in [-0.3, -0.25) is 0 Å². The summed E-state index contributed by atoms with van der Waals surface area (Å²) in [6, 6.07) is 0. The van der Waals surface area contributed by atoms with Crippen molar-refractivity contribution in [3.63, 3.8) is 0 Å². The molecule has 7 heteroatoms. The van der Waals surface area contributed by atoms with E-state index >= 15 is 0 Å². The van der Waals surface area contributed by atoms with Crippen molar-refractivity contribution < 1.29 is 8.83 Å². The van der Waals surface area contributed by atoms with Crippen LogP contribution in [0.15, 0.2) is 20.5 Å². The van der Waals surface area contributed by atoms with Crippen molar-refractivity contribution in [3.8, 4) is 0 Å². The Kier molecular flexibility index (Phi) is 3.02. The first-order valence-electron chi connectivity index (χ1n) is 4.34. The van der Waals surface area contributed by atoms with Crippen molar-refractivity contribution in [2.24, 2.45) is 5.73 Å². The van der Waals surface area contributed by atoms with E-state index in [0.29, 0.717) is 16.9 Å². The molecular weight excluding hydrogens is 216 g/mol. The number of hydrogen-bond donors (Lipinski definition) is 1. The zero-order valence-electron chi connectivity index (χ0n) is 8.14. The molecule has 2 heterocycles. The van der Waals surface area contributed by atoms with Crippen LogP contribution in [0.4, 0.5) is 0 Å². The van der Waals surface area contributed by atoms with Crippen LogP contribution in [0.3, 0.4) is 0 Å². The number of aromatic nitrogens is 3. The van der Waals surface area contributed by atoms with Gasteiger partial charge in [-0.15, -0.1) is 10.2 Å². The zero-order chi connectivity index (χ0) is 10.7. The lowest BCUT2D eigenvalue weighted by atomic mass is 10.4. The topological polar surface area (TPSA) is 91.0 Å². The molecule has 2 rings (SSSR count). The highest BCUT2D eigenvalue weighted by Crippen LogP contribution is 2.21. The number of oxazole rings is 1. The lowest BCUT2D eigenvalue weighted by Gasteiger charge is -1.92. The molecule has 0 amide bonds. The number of nitrogens with two attached hydrogens (primary N) is 1. The maximum atomic E-state index is 5.35. The molecule has 0 bridgehead atoms. The van der Waals surface area contributed by atoms with Gasteiger partial charge in [0.15, 0.2) is 6.39 Å². The Morgan fingerprint density at radius 2 is 2.33 bits per heavy atom. The van der Waals surface area contributed by atoms with Gasteiger partial charge in [-0.1, -0.05) is 11.8 Å². The molecule has 0 aliphatic carbocycles. The van der Waals surface area contributed by atoms with Crippen molar-refractivity contribution in [1.29, 1.82) is 0 Å². The molecule has 15 heavy (non-hydrogen) atoms. The fraction of sp³-hybridized carbons (Fsp3) is 0.375. The summed E-state index contributed by atoms with van der Waals surface area (Å²) in [6.45, 7) is 2.12. The van der Waals surface area contributed by atoms with Gasteiger partial charge in [0.05, 0.1) is 12.2 Å². The molecule has 0 aliphatic heterocycles. The Labute approximate surface area is 90.3 Å². The smallest absolute Gasteiger partial charge is 0.277 e. The Hall–Kier alpha value is -1.34. The Bertz CT molecular complexity index is 439. The fourth-order valence-corrected chi connectivity index (χ4v) is 1.77. The van der Waals surface area contributed by atoms with Gasteiger partial charge in [0.25, 0.3) is 5.22 Å². The highest BCUT2D eigenvalue weighted by atomic mass is 32.2. The van der Waals surface area contributed by atoms with Crippen molar-refractivity contribution in [3.05, 3.63) is 23.7 Å². The monoisotopic (exact) mass is 226 g/mol. The number of nitrogens with zero attached hydrogens (tertiary/aromatic N) is 3. The Morgan fingerprint density at radius 1 is 1.47 bits per heavy atom. The van der Waals surface area contributed by atoms with Crippen molar-refractivity contribution in [2.45, 2.75) is 24.4 Å². The van der Waals surface area contributed by atoms with Gasteiger partial charge in [-0.05, 0) is 6.92 Å². The summed E-state index contributed by atoms with van der Waals surface area (Å²) >= 11 is 1.41. The highest BCUT2D eigenvalue weighted by Gasteiger charge is 2.08. The maximum absolute atomic E-state index is 5.35. The minimum atomic E-state index is 0.260. The SMILES string of the molecule is Cc1ocnc1CSc1nnc(CN)o1. The van der Waals surface area contributed by atoms with E-state index < -0.39 is 0 Å². The van der Waals surface area contributed by atoms with Crippen LogP contribution in [-0.4, -0.2) is 15.2 Å². The summed E-state index contributed by atoms with van der Waals surface area (Å²) in [6.07, 6.45) is 1.42. The number of thioether (sulfide) groups is 1. The molecule has 80 valence electrons. The first-order valence-corrected chi connectivity index (χ1v) is 5.32. The van der Waals surface area contributed by atoms with E-state index in [-0.39, 0.29) is 6.54 Å². The van der Waals surface area contributed by atoms with Crippen LogP contribution in [0.2, 0.25) is 0 Å². The summed E-state index contributed by atoms with van der Waals surface area (Å²) in [5.74, 6) is 1.89. The van der Waals surface area contributed by atoms with Crippen LogP contribution in [0.25, 0.3) is 0 Å². The highest BCUT2D eigenvalue weighted by molar-refractivity contribution is 7.98. The summed E-state index contributed by atoms with van der Waals surface area (Å²) in [5, 5.41) is 8.07. The van der Waals surface area contributed by atoms with Crippen LogP contribution in [0, 0.1) is 6.92 Å². The number of hydrogen-bond acceptors (Lipinski definition) is 7. The standard InChI is InChI=1S/C8H10N4O2S/c1-5-6(10-4-13-5)3-15-8-12-11-7(2-9)14-8/h4H,2-3,9H2,1H3. The van der Waals surface area contributed by atoms with E-state index in [2.05, 4.69) is 15.2 Å². The molecule has 6 nitrogen and oxygen atoms in total. The molecule has 2 aromatic heterocycles. The second-order valence-electron chi connectivity index (χ2n) is 2.81. The summed E-state index contributed by atoms with van der Waals surface area (Å²) < 4.78 is 10.3. The van der Waals surface area contributed by atoms with Gasteiger partial charge in [0, 0.05) is 5.75 Å². The molecule has 0 saturated carbocycles. The number of aryl methyl sites for hydroxylation is 1. The zero-order valence-corrected chi connectivity index (χ0v) is 8.95. The molecule has 0 unspecified atom stereocenters. The minimum Gasteiger partial charge on any atom is -0.448 e. The third-order valence-corrected chi connectivity index (χ3v) is 2.63. The van der Waals surface area contributed by atoms with Gasteiger partial charge in [-0.25, -0.2) is 4.98 Å². The lowest BCUT2D eigenvalue weighted by Crippen LogP contribution is -1.95. The lowest BCUT2D eigenvalue weighted by molar-refractivity contribution is 0.414. The van der Waals surface area contributed by atoms with E-state index in [1.165, 1.54) is 18.2 Å². The van der Waals surface area contributed by atoms with Crippen molar-refractivity contribution in [2.75, 3.05) is 0 Å². The van der Waals surface area contributed by atoms with Gasteiger partial charge >= 0.3 is 0 Å². The largest absolute Gasteiger partial charge is 0.448 e.